The highest BCUT2D eigenvalue weighted by molar-refractivity contribution is 7.17. The second-order valence-corrected chi connectivity index (χ2v) is 6.93. The second-order valence-electron chi connectivity index (χ2n) is 5.92. The summed E-state index contributed by atoms with van der Waals surface area (Å²) < 4.78 is 1.59. The molecule has 0 unspecified atom stereocenters. The Labute approximate surface area is 139 Å². The molecule has 0 bridgehead atoms. The first-order chi connectivity index (χ1) is 11.3. The van der Waals surface area contributed by atoms with Gasteiger partial charge in [0, 0.05) is 6.42 Å². The predicted octanol–water partition coefficient (Wildman–Crippen LogP) is 3.24. The summed E-state index contributed by atoms with van der Waals surface area (Å²) in [5, 5.41) is 15.1. The highest BCUT2D eigenvalue weighted by Gasteiger charge is 2.30. The Bertz CT molecular complexity index is 805. The summed E-state index contributed by atoms with van der Waals surface area (Å²) in [6, 6.07) is 10.5. The molecule has 23 heavy (non-hydrogen) atoms. The van der Waals surface area contributed by atoms with Gasteiger partial charge < -0.3 is 5.11 Å². The smallest absolute Gasteiger partial charge is 0.230 e. The normalized spacial score (nSPS) is 17.1. The van der Waals surface area contributed by atoms with E-state index in [9.17, 15) is 5.11 Å². The topological polar surface area (TPSA) is 53.7 Å². The van der Waals surface area contributed by atoms with Crippen LogP contribution in [0.5, 0.6) is 5.88 Å². The van der Waals surface area contributed by atoms with Crippen molar-refractivity contribution in [2.24, 2.45) is 0 Å². The van der Waals surface area contributed by atoms with Crippen LogP contribution in [0.25, 0.3) is 4.96 Å². The van der Waals surface area contributed by atoms with Crippen molar-refractivity contribution in [3.05, 3.63) is 46.6 Å². The van der Waals surface area contributed by atoms with Crippen LogP contribution in [-0.4, -0.2) is 37.7 Å². The Morgan fingerprint density at radius 1 is 1.22 bits per heavy atom. The Kier molecular flexibility index (Phi) is 3.79. The molecule has 0 aliphatic carbocycles. The summed E-state index contributed by atoms with van der Waals surface area (Å²) in [6.07, 6.45) is 3.20. The maximum Gasteiger partial charge on any atom is 0.230 e. The maximum atomic E-state index is 10.7. The summed E-state index contributed by atoms with van der Waals surface area (Å²) in [5.74, 6) is 1.01. The molecule has 3 aromatic rings. The van der Waals surface area contributed by atoms with Gasteiger partial charge >= 0.3 is 0 Å². The van der Waals surface area contributed by atoms with Crippen molar-refractivity contribution in [1.29, 1.82) is 0 Å². The van der Waals surface area contributed by atoms with Crippen LogP contribution in [0.15, 0.2) is 30.3 Å². The van der Waals surface area contributed by atoms with Crippen LogP contribution in [0, 0.1) is 0 Å². The third-order valence-electron chi connectivity index (χ3n) is 4.43. The quantitative estimate of drug-likeness (QED) is 0.799. The van der Waals surface area contributed by atoms with Crippen LogP contribution in [0.4, 0.5) is 0 Å². The van der Waals surface area contributed by atoms with Gasteiger partial charge in [0.05, 0.1) is 10.9 Å². The highest BCUT2D eigenvalue weighted by Crippen LogP contribution is 2.40. The SMILES string of the molecule is CCc1nc2sc([C@@H](c3ccccc3)N3CCCC3)c(O)n2n1. The van der Waals surface area contributed by atoms with Gasteiger partial charge in [-0.15, -0.1) is 5.10 Å². The van der Waals surface area contributed by atoms with Gasteiger partial charge in [0.15, 0.2) is 5.82 Å². The molecule has 1 atom stereocenters. The number of benzene rings is 1. The Balaban J connectivity index is 1.82. The number of fused-ring (bicyclic) bond motifs is 1. The third-order valence-corrected chi connectivity index (χ3v) is 5.50. The van der Waals surface area contributed by atoms with Gasteiger partial charge in [-0.05, 0) is 31.5 Å². The number of nitrogens with zero attached hydrogens (tertiary/aromatic N) is 4. The summed E-state index contributed by atoms with van der Waals surface area (Å²) >= 11 is 1.55. The maximum absolute atomic E-state index is 10.7. The van der Waals surface area contributed by atoms with Gasteiger partial charge in [0.2, 0.25) is 10.8 Å². The summed E-state index contributed by atoms with van der Waals surface area (Å²) in [5.41, 5.74) is 1.21. The van der Waals surface area contributed by atoms with E-state index in [0.29, 0.717) is 0 Å². The lowest BCUT2D eigenvalue weighted by atomic mass is 10.0. The molecule has 1 aliphatic heterocycles. The lowest BCUT2D eigenvalue weighted by Gasteiger charge is -2.26. The number of thiazole rings is 1. The lowest BCUT2D eigenvalue weighted by molar-refractivity contribution is 0.277. The van der Waals surface area contributed by atoms with Crippen molar-refractivity contribution in [2.45, 2.75) is 32.2 Å². The molecular weight excluding hydrogens is 308 g/mol. The number of aromatic nitrogens is 3. The third kappa shape index (κ3) is 2.52. The van der Waals surface area contributed by atoms with Crippen LogP contribution < -0.4 is 0 Å². The second kappa shape index (κ2) is 5.94. The van der Waals surface area contributed by atoms with Gasteiger partial charge in [-0.25, -0.2) is 4.98 Å². The first kappa shape index (κ1) is 14.7. The summed E-state index contributed by atoms with van der Waals surface area (Å²) in [6.45, 7) is 4.15. The molecule has 1 fully saturated rings. The van der Waals surface area contributed by atoms with Crippen LogP contribution in [-0.2, 0) is 6.42 Å². The molecule has 1 aliphatic rings. The minimum atomic E-state index is 0.0808. The fourth-order valence-electron chi connectivity index (χ4n) is 3.28. The van der Waals surface area contributed by atoms with E-state index in [1.54, 1.807) is 15.9 Å². The Morgan fingerprint density at radius 3 is 2.61 bits per heavy atom. The first-order valence-electron chi connectivity index (χ1n) is 8.14. The zero-order chi connectivity index (χ0) is 15.8. The summed E-state index contributed by atoms with van der Waals surface area (Å²) in [4.78, 5) is 8.67. The molecule has 3 heterocycles. The fourth-order valence-corrected chi connectivity index (χ4v) is 4.42. The molecule has 120 valence electrons. The van der Waals surface area contributed by atoms with Crippen molar-refractivity contribution < 1.29 is 5.11 Å². The van der Waals surface area contributed by atoms with Gasteiger partial charge in [-0.2, -0.15) is 4.52 Å². The fraction of sp³-hybridized carbons (Fsp3) is 0.412. The zero-order valence-electron chi connectivity index (χ0n) is 13.1. The van der Waals surface area contributed by atoms with Crippen molar-refractivity contribution in [3.8, 4) is 5.88 Å². The van der Waals surface area contributed by atoms with Crippen LogP contribution in [0.2, 0.25) is 0 Å². The lowest BCUT2D eigenvalue weighted by Crippen LogP contribution is -2.26. The minimum absolute atomic E-state index is 0.0808. The molecule has 1 saturated heterocycles. The average molecular weight is 328 g/mol. The number of likely N-dealkylation sites (tertiary alicyclic amines) is 1. The molecule has 4 rings (SSSR count). The van der Waals surface area contributed by atoms with Crippen molar-refractivity contribution in [3.63, 3.8) is 0 Å². The van der Waals surface area contributed by atoms with Crippen molar-refractivity contribution in [2.75, 3.05) is 13.1 Å². The van der Waals surface area contributed by atoms with E-state index >= 15 is 0 Å². The van der Waals surface area contributed by atoms with Crippen LogP contribution >= 0.6 is 11.3 Å². The molecule has 0 amide bonds. The van der Waals surface area contributed by atoms with Crippen LogP contribution in [0.1, 0.15) is 42.1 Å². The van der Waals surface area contributed by atoms with Gasteiger partial charge in [0.25, 0.3) is 0 Å². The molecular formula is C17H20N4OS. The zero-order valence-corrected chi connectivity index (χ0v) is 14.0. The van der Waals surface area contributed by atoms with Gasteiger partial charge in [-0.3, -0.25) is 4.90 Å². The van der Waals surface area contributed by atoms with Gasteiger partial charge in [-0.1, -0.05) is 48.6 Å². The molecule has 0 radical (unpaired) electrons. The van der Waals surface area contributed by atoms with E-state index in [-0.39, 0.29) is 11.9 Å². The Morgan fingerprint density at radius 2 is 1.96 bits per heavy atom. The highest BCUT2D eigenvalue weighted by atomic mass is 32.1. The molecule has 1 N–H and O–H groups in total. The first-order valence-corrected chi connectivity index (χ1v) is 8.96. The monoisotopic (exact) mass is 328 g/mol. The largest absolute Gasteiger partial charge is 0.492 e. The number of aromatic hydroxyl groups is 1. The van der Waals surface area contributed by atoms with E-state index in [1.165, 1.54) is 18.4 Å². The standard InChI is InChI=1S/C17H20N4OS/c1-2-13-18-17-21(19-13)16(22)15(23-17)14(20-10-6-7-11-20)12-8-4-3-5-9-12/h3-5,8-9,14,22H,2,6-7,10-11H2,1H3/t14-/m1/s1. The molecule has 6 heteroatoms. The molecule has 0 saturated carbocycles. The van der Waals surface area contributed by atoms with Gasteiger partial charge in [0.1, 0.15) is 0 Å². The average Bonchev–Trinajstić information content (AvgIpc) is 3.29. The molecule has 2 aromatic heterocycles. The minimum Gasteiger partial charge on any atom is -0.492 e. The van der Waals surface area contributed by atoms with E-state index in [0.717, 1.165) is 35.2 Å². The number of hydrogen-bond acceptors (Lipinski definition) is 5. The number of rotatable bonds is 4. The van der Waals surface area contributed by atoms with Crippen LogP contribution in [0.3, 0.4) is 0 Å². The molecule has 1 aromatic carbocycles. The van der Waals surface area contributed by atoms with E-state index in [2.05, 4.69) is 39.2 Å². The Hall–Kier alpha value is -1.92. The van der Waals surface area contributed by atoms with Crippen molar-refractivity contribution in [1.82, 2.24) is 19.5 Å². The summed E-state index contributed by atoms with van der Waals surface area (Å²) in [7, 11) is 0. The van der Waals surface area contributed by atoms with E-state index in [4.69, 9.17) is 0 Å². The van der Waals surface area contributed by atoms with E-state index < -0.39 is 0 Å². The van der Waals surface area contributed by atoms with E-state index in [1.807, 2.05) is 13.0 Å². The predicted molar refractivity (Wildman–Crippen MR) is 91.0 cm³/mol. The molecule has 0 spiro atoms. The van der Waals surface area contributed by atoms with Crippen molar-refractivity contribution >= 4 is 16.3 Å². The molecule has 5 nitrogen and oxygen atoms in total. The number of hydrogen-bond donors (Lipinski definition) is 1. The number of aryl methyl sites for hydroxylation is 1.